The molecular formula is C8H14ClNO2. The first kappa shape index (κ1) is 9.84. The topological polar surface area (TPSA) is 36.7 Å². The van der Waals surface area contributed by atoms with Crippen LogP contribution in [0.5, 0.6) is 0 Å². The Hall–Kier alpha value is -0.250. The zero-order chi connectivity index (χ0) is 9.30. The highest BCUT2D eigenvalue weighted by atomic mass is 35.5. The minimum atomic E-state index is -0.183. The molecule has 3 unspecified atom stereocenters. The summed E-state index contributed by atoms with van der Waals surface area (Å²) in [6.07, 6.45) is 0. The van der Waals surface area contributed by atoms with Crippen LogP contribution in [0.15, 0.2) is 10.8 Å². The smallest absolute Gasteiger partial charge is 0.124 e. The molecule has 1 N–H and O–H groups in total. The molecule has 0 aromatic rings. The van der Waals surface area contributed by atoms with Crippen LogP contribution in [0, 0.1) is 11.1 Å². The van der Waals surface area contributed by atoms with Crippen LogP contribution < -0.4 is 5.06 Å². The zero-order valence-electron chi connectivity index (χ0n) is 7.56. The third-order valence-corrected chi connectivity index (χ3v) is 2.79. The predicted octanol–water partition coefficient (Wildman–Crippen LogP) is 0.504. The van der Waals surface area contributed by atoms with Gasteiger partial charge in [0, 0.05) is 0 Å². The summed E-state index contributed by atoms with van der Waals surface area (Å²) in [7, 11) is 1.59. The van der Waals surface area contributed by atoms with Gasteiger partial charge in [0.25, 0.3) is 0 Å². The van der Waals surface area contributed by atoms with Crippen LogP contribution in [0.2, 0.25) is 0 Å². The summed E-state index contributed by atoms with van der Waals surface area (Å²) in [5.74, 6) is 0.898. The first-order valence-electron chi connectivity index (χ1n) is 4.04. The van der Waals surface area contributed by atoms with Crippen LogP contribution >= 0.6 is 11.6 Å². The molecule has 0 saturated carbocycles. The molecule has 1 aliphatic heterocycles. The third kappa shape index (κ3) is 1.58. The fraction of sp³-hybridized carbons (Fsp3) is 0.750. The third-order valence-electron chi connectivity index (χ3n) is 2.27. The van der Waals surface area contributed by atoms with Crippen molar-refractivity contribution < 1.29 is 9.80 Å². The maximum absolute atomic E-state index is 11.3. The minimum Gasteiger partial charge on any atom is -0.634 e. The van der Waals surface area contributed by atoms with Crippen LogP contribution in [-0.4, -0.2) is 19.7 Å². The minimum absolute atomic E-state index is 0.131. The van der Waals surface area contributed by atoms with Crippen molar-refractivity contribution in [3.63, 3.8) is 0 Å². The number of nitrogens with one attached hydrogen (secondary N) is 1. The van der Waals surface area contributed by atoms with Gasteiger partial charge in [-0.3, -0.25) is 0 Å². The molecular weight excluding hydrogens is 178 g/mol. The van der Waals surface area contributed by atoms with Gasteiger partial charge in [0.15, 0.2) is 0 Å². The van der Waals surface area contributed by atoms with E-state index in [0.717, 1.165) is 5.76 Å². The molecule has 1 rings (SSSR count). The summed E-state index contributed by atoms with van der Waals surface area (Å²) in [6, 6.07) is -0.183. The number of methoxy groups -OCH3 is 1. The molecule has 0 aromatic heterocycles. The normalized spacial score (nSPS) is 36.9. The summed E-state index contributed by atoms with van der Waals surface area (Å²) < 4.78 is 5.13. The van der Waals surface area contributed by atoms with Crippen molar-refractivity contribution in [1.82, 2.24) is 0 Å². The van der Waals surface area contributed by atoms with Crippen molar-refractivity contribution in [1.29, 1.82) is 0 Å². The Morgan fingerprint density at radius 3 is 2.67 bits per heavy atom. The second-order valence-electron chi connectivity index (χ2n) is 3.21. The van der Waals surface area contributed by atoms with E-state index in [0.29, 0.717) is 11.6 Å². The molecule has 12 heavy (non-hydrogen) atoms. The number of quaternary nitrogens is 1. The average Bonchev–Trinajstić information content (AvgIpc) is 2.01. The highest BCUT2D eigenvalue weighted by molar-refractivity contribution is 6.30. The van der Waals surface area contributed by atoms with Crippen molar-refractivity contribution in [3.8, 4) is 0 Å². The molecule has 3 atom stereocenters. The first-order valence-corrected chi connectivity index (χ1v) is 4.42. The zero-order valence-corrected chi connectivity index (χ0v) is 8.31. The van der Waals surface area contributed by atoms with Gasteiger partial charge in [-0.25, -0.2) is 0 Å². The lowest BCUT2D eigenvalue weighted by molar-refractivity contribution is -0.872. The molecule has 3 nitrogen and oxygen atoms in total. The van der Waals surface area contributed by atoms with Crippen molar-refractivity contribution in [2.24, 2.45) is 5.92 Å². The van der Waals surface area contributed by atoms with Gasteiger partial charge in [0.05, 0.1) is 19.6 Å². The van der Waals surface area contributed by atoms with Gasteiger partial charge >= 0.3 is 0 Å². The van der Waals surface area contributed by atoms with E-state index in [9.17, 15) is 5.21 Å². The summed E-state index contributed by atoms with van der Waals surface area (Å²) in [5, 5.41) is 12.1. The number of ether oxygens (including phenoxy) is 1. The van der Waals surface area contributed by atoms with Gasteiger partial charge in [-0.15, -0.1) is 0 Å². The van der Waals surface area contributed by atoms with Crippen LogP contribution in [0.25, 0.3) is 0 Å². The summed E-state index contributed by atoms with van der Waals surface area (Å²) >= 11 is 5.96. The SMILES string of the molecule is COC1=C(Cl)C(C)[NH+]([O-])CC1C. The Kier molecular flexibility index (Phi) is 2.99. The van der Waals surface area contributed by atoms with E-state index in [1.807, 2.05) is 13.8 Å². The average molecular weight is 192 g/mol. The highest BCUT2D eigenvalue weighted by Gasteiger charge is 2.29. The molecule has 0 saturated heterocycles. The lowest BCUT2D eigenvalue weighted by Gasteiger charge is -2.36. The first-order chi connectivity index (χ1) is 5.57. The molecule has 4 heteroatoms. The van der Waals surface area contributed by atoms with E-state index in [1.54, 1.807) is 7.11 Å². The Morgan fingerprint density at radius 1 is 1.58 bits per heavy atom. The van der Waals surface area contributed by atoms with Gasteiger partial charge in [-0.05, 0) is 13.8 Å². The number of hydrogen-bond acceptors (Lipinski definition) is 2. The fourth-order valence-corrected chi connectivity index (χ4v) is 1.85. The standard InChI is InChI=1S/C8H14ClNO2/c1-5-4-10(11)6(2)7(9)8(5)12-3/h5-6,10H,4H2,1-3H3. The van der Waals surface area contributed by atoms with Gasteiger partial charge in [0.1, 0.15) is 16.8 Å². The lowest BCUT2D eigenvalue weighted by atomic mass is 10.0. The largest absolute Gasteiger partial charge is 0.634 e. The number of rotatable bonds is 1. The van der Waals surface area contributed by atoms with Crippen molar-refractivity contribution >= 4 is 11.6 Å². The van der Waals surface area contributed by atoms with E-state index in [-0.39, 0.29) is 17.0 Å². The van der Waals surface area contributed by atoms with Gasteiger partial charge < -0.3 is 15.0 Å². The highest BCUT2D eigenvalue weighted by Crippen LogP contribution is 2.23. The Labute approximate surface area is 77.5 Å². The molecule has 0 spiro atoms. The van der Waals surface area contributed by atoms with Crippen LogP contribution in [0.1, 0.15) is 13.8 Å². The maximum Gasteiger partial charge on any atom is 0.124 e. The molecule has 0 aromatic carbocycles. The molecule has 0 amide bonds. The van der Waals surface area contributed by atoms with Crippen LogP contribution in [-0.2, 0) is 4.74 Å². The van der Waals surface area contributed by atoms with Crippen molar-refractivity contribution in [3.05, 3.63) is 16.0 Å². The van der Waals surface area contributed by atoms with Crippen molar-refractivity contribution in [2.45, 2.75) is 19.9 Å². The molecule has 70 valence electrons. The monoisotopic (exact) mass is 191 g/mol. The quantitative estimate of drug-likeness (QED) is 0.613. The summed E-state index contributed by atoms with van der Waals surface area (Å²) in [5.41, 5.74) is 0. The Morgan fingerprint density at radius 2 is 2.17 bits per heavy atom. The lowest BCUT2D eigenvalue weighted by Crippen LogP contribution is -3.12. The predicted molar refractivity (Wildman–Crippen MR) is 47.7 cm³/mol. The van der Waals surface area contributed by atoms with Gasteiger partial charge in [0.2, 0.25) is 0 Å². The fourth-order valence-electron chi connectivity index (χ4n) is 1.46. The molecule has 0 bridgehead atoms. The summed E-state index contributed by atoms with van der Waals surface area (Å²) in [6.45, 7) is 4.31. The maximum atomic E-state index is 11.3. The molecule has 0 aliphatic carbocycles. The number of hydrogen-bond donors (Lipinski definition) is 1. The Bertz CT molecular complexity index is 205. The molecule has 0 radical (unpaired) electrons. The van der Waals surface area contributed by atoms with E-state index < -0.39 is 0 Å². The van der Waals surface area contributed by atoms with Gasteiger partial charge in [-0.2, -0.15) is 0 Å². The van der Waals surface area contributed by atoms with E-state index in [4.69, 9.17) is 16.3 Å². The summed E-state index contributed by atoms with van der Waals surface area (Å²) in [4.78, 5) is 0. The molecule has 1 heterocycles. The second-order valence-corrected chi connectivity index (χ2v) is 3.62. The molecule has 0 fully saturated rings. The second kappa shape index (κ2) is 3.64. The van der Waals surface area contributed by atoms with E-state index >= 15 is 0 Å². The van der Waals surface area contributed by atoms with E-state index in [1.165, 1.54) is 0 Å². The van der Waals surface area contributed by atoms with Crippen LogP contribution in [0.4, 0.5) is 0 Å². The molecule has 1 aliphatic rings. The van der Waals surface area contributed by atoms with Crippen LogP contribution in [0.3, 0.4) is 0 Å². The van der Waals surface area contributed by atoms with Crippen molar-refractivity contribution in [2.75, 3.05) is 13.7 Å². The van der Waals surface area contributed by atoms with Gasteiger partial charge in [-0.1, -0.05) is 11.6 Å². The van der Waals surface area contributed by atoms with E-state index in [2.05, 4.69) is 0 Å². The number of halogens is 1. The Balaban J connectivity index is 2.91. The number of hydroxylamine groups is 2.